The van der Waals surface area contributed by atoms with E-state index in [9.17, 15) is 0 Å². The number of hydrogen-bond acceptors (Lipinski definition) is 4. The van der Waals surface area contributed by atoms with Gasteiger partial charge in [-0.1, -0.05) is 26.7 Å². The van der Waals surface area contributed by atoms with E-state index in [1.165, 1.54) is 0 Å². The minimum absolute atomic E-state index is 1.03. The molecular formula is C10H26O4Si2. The summed E-state index contributed by atoms with van der Waals surface area (Å²) in [5.41, 5.74) is 0. The fourth-order valence-electron chi connectivity index (χ4n) is 2.38. The first kappa shape index (κ1) is 16.3. The smallest absolute Gasteiger partial charge is 0.414 e. The molecule has 0 aromatic heterocycles. The van der Waals surface area contributed by atoms with E-state index >= 15 is 0 Å². The Hall–Kier alpha value is 0.274. The van der Waals surface area contributed by atoms with Gasteiger partial charge in [-0.3, -0.25) is 0 Å². The van der Waals surface area contributed by atoms with Gasteiger partial charge < -0.3 is 17.7 Å². The minimum atomic E-state index is -2.62. The lowest BCUT2D eigenvalue weighted by atomic mass is 10.6. The average Bonchev–Trinajstić information content (AvgIpc) is 2.32. The normalized spacial score (nSPS) is 13.1. The molecule has 0 saturated carbocycles. The van der Waals surface area contributed by atoms with E-state index in [0.29, 0.717) is 0 Å². The first-order valence-electron chi connectivity index (χ1n) is 5.82. The van der Waals surface area contributed by atoms with Crippen molar-refractivity contribution < 1.29 is 17.7 Å². The van der Waals surface area contributed by atoms with E-state index in [1.807, 2.05) is 0 Å². The third kappa shape index (κ3) is 2.93. The Balaban J connectivity index is 5.21. The largest absolute Gasteiger partial charge is 0.502 e. The highest BCUT2D eigenvalue weighted by Gasteiger charge is 2.62. The molecule has 4 nitrogen and oxygen atoms in total. The van der Waals surface area contributed by atoms with Gasteiger partial charge in [0.25, 0.3) is 7.83 Å². The topological polar surface area (TPSA) is 36.9 Å². The predicted octanol–water partition coefficient (Wildman–Crippen LogP) is 2.35. The summed E-state index contributed by atoms with van der Waals surface area (Å²) in [5.74, 6) is 0. The van der Waals surface area contributed by atoms with E-state index < -0.39 is 16.2 Å². The molecule has 0 saturated heterocycles. The highest BCUT2D eigenvalue weighted by Crippen LogP contribution is 2.32. The summed E-state index contributed by atoms with van der Waals surface area (Å²) in [7, 11) is 2.09. The summed E-state index contributed by atoms with van der Waals surface area (Å²) < 4.78 is 22.8. The maximum atomic E-state index is 5.88. The Bertz CT molecular complexity index is 171. The van der Waals surface area contributed by atoms with Crippen LogP contribution in [-0.4, -0.2) is 44.6 Å². The van der Waals surface area contributed by atoms with Gasteiger partial charge in [-0.2, -0.15) is 0 Å². The molecule has 0 atom stereocenters. The van der Waals surface area contributed by atoms with Crippen molar-refractivity contribution in [2.45, 2.75) is 38.8 Å². The highest BCUT2D eigenvalue weighted by atomic mass is 29.3. The Morgan fingerprint density at radius 2 is 1.06 bits per heavy atom. The van der Waals surface area contributed by atoms with Crippen LogP contribution in [0.1, 0.15) is 26.7 Å². The van der Waals surface area contributed by atoms with Gasteiger partial charge in [-0.15, -0.1) is 0 Å². The molecule has 16 heavy (non-hydrogen) atoms. The lowest BCUT2D eigenvalue weighted by Crippen LogP contribution is -2.68. The molecular weight excluding hydrogens is 240 g/mol. The second kappa shape index (κ2) is 7.57. The Morgan fingerprint density at radius 1 is 0.688 bits per heavy atom. The molecule has 0 aliphatic carbocycles. The summed E-state index contributed by atoms with van der Waals surface area (Å²) in [6, 6.07) is 2.05. The Labute approximate surface area is 102 Å². The molecule has 0 spiro atoms. The van der Waals surface area contributed by atoms with Gasteiger partial charge in [0.05, 0.1) is 0 Å². The van der Waals surface area contributed by atoms with E-state index in [1.54, 1.807) is 28.4 Å². The fourth-order valence-corrected chi connectivity index (χ4v) is 14.6. The Kier molecular flexibility index (Phi) is 7.70. The zero-order chi connectivity index (χ0) is 12.7. The quantitative estimate of drug-likeness (QED) is 0.600. The fraction of sp³-hybridized carbons (Fsp3) is 1.00. The van der Waals surface area contributed by atoms with E-state index in [0.717, 1.165) is 24.9 Å². The van der Waals surface area contributed by atoms with Gasteiger partial charge in [0.2, 0.25) is 0 Å². The molecule has 0 aliphatic rings. The molecule has 0 aromatic carbocycles. The third-order valence-electron chi connectivity index (χ3n) is 3.06. The molecule has 6 heteroatoms. The summed E-state index contributed by atoms with van der Waals surface area (Å²) >= 11 is 0. The van der Waals surface area contributed by atoms with Gasteiger partial charge in [-0.05, 0) is 12.1 Å². The molecule has 0 bridgehead atoms. The van der Waals surface area contributed by atoms with Crippen LogP contribution in [0.4, 0.5) is 0 Å². The Morgan fingerprint density at radius 3 is 1.25 bits per heavy atom. The SMILES string of the molecule is CCC[Si](CCC)(OC)[Si](OC)(OC)OC. The van der Waals surface area contributed by atoms with Crippen molar-refractivity contribution in [3.05, 3.63) is 0 Å². The van der Waals surface area contributed by atoms with Crippen molar-refractivity contribution in [3.8, 4) is 0 Å². The van der Waals surface area contributed by atoms with Crippen molar-refractivity contribution in [1.29, 1.82) is 0 Å². The van der Waals surface area contributed by atoms with Crippen molar-refractivity contribution >= 4 is 16.2 Å². The maximum Gasteiger partial charge on any atom is 0.502 e. The number of rotatable bonds is 9. The molecule has 0 N–H and O–H groups in total. The molecule has 0 aromatic rings. The van der Waals surface area contributed by atoms with Crippen LogP contribution in [0.2, 0.25) is 12.1 Å². The lowest BCUT2D eigenvalue weighted by molar-refractivity contribution is 0.135. The first-order valence-corrected chi connectivity index (χ1v) is 10.9. The molecule has 0 heterocycles. The molecule has 0 radical (unpaired) electrons. The summed E-state index contributed by atoms with van der Waals surface area (Å²) in [6.45, 7) is 4.33. The molecule has 0 amide bonds. The average molecular weight is 266 g/mol. The van der Waals surface area contributed by atoms with Gasteiger partial charge in [0.15, 0.2) is 0 Å². The van der Waals surface area contributed by atoms with Crippen LogP contribution in [0.3, 0.4) is 0 Å². The van der Waals surface area contributed by atoms with Crippen molar-refractivity contribution in [2.75, 3.05) is 28.4 Å². The van der Waals surface area contributed by atoms with Crippen molar-refractivity contribution in [3.63, 3.8) is 0 Å². The maximum absolute atomic E-state index is 5.88. The van der Waals surface area contributed by atoms with E-state index in [2.05, 4.69) is 13.8 Å². The third-order valence-corrected chi connectivity index (χ3v) is 16.5. The lowest BCUT2D eigenvalue weighted by Gasteiger charge is -2.40. The van der Waals surface area contributed by atoms with E-state index in [4.69, 9.17) is 17.7 Å². The predicted molar refractivity (Wildman–Crippen MR) is 69.7 cm³/mol. The standard InChI is InChI=1S/C10H26O4Si2/c1-7-9-15(11-3,10-8-2)16(12-4,13-5)14-6/h7-10H2,1-6H3. The summed E-state index contributed by atoms with van der Waals surface area (Å²) in [4.78, 5) is 0. The minimum Gasteiger partial charge on any atom is -0.414 e. The molecule has 0 fully saturated rings. The van der Waals surface area contributed by atoms with Crippen LogP contribution >= 0.6 is 0 Å². The van der Waals surface area contributed by atoms with Crippen LogP contribution < -0.4 is 0 Å². The zero-order valence-electron chi connectivity index (χ0n) is 11.5. The van der Waals surface area contributed by atoms with Crippen LogP contribution in [0.5, 0.6) is 0 Å². The number of hydrogen-bond donors (Lipinski definition) is 0. The monoisotopic (exact) mass is 266 g/mol. The van der Waals surface area contributed by atoms with E-state index in [-0.39, 0.29) is 0 Å². The van der Waals surface area contributed by atoms with Crippen molar-refractivity contribution in [2.24, 2.45) is 0 Å². The van der Waals surface area contributed by atoms with Crippen LogP contribution in [0.15, 0.2) is 0 Å². The van der Waals surface area contributed by atoms with Gasteiger partial charge >= 0.3 is 8.32 Å². The van der Waals surface area contributed by atoms with Crippen LogP contribution in [-0.2, 0) is 17.7 Å². The second-order valence-electron chi connectivity index (χ2n) is 3.87. The first-order chi connectivity index (χ1) is 7.61. The molecule has 0 rings (SSSR count). The summed E-state index contributed by atoms with van der Waals surface area (Å²) in [5, 5.41) is 0. The van der Waals surface area contributed by atoms with Gasteiger partial charge in [-0.25, -0.2) is 0 Å². The van der Waals surface area contributed by atoms with Crippen molar-refractivity contribution in [1.82, 2.24) is 0 Å². The van der Waals surface area contributed by atoms with Crippen LogP contribution in [0, 0.1) is 0 Å². The second-order valence-corrected chi connectivity index (χ2v) is 14.2. The molecule has 0 unspecified atom stereocenters. The highest BCUT2D eigenvalue weighted by molar-refractivity contribution is 7.32. The van der Waals surface area contributed by atoms with Crippen LogP contribution in [0.25, 0.3) is 0 Å². The van der Waals surface area contributed by atoms with Gasteiger partial charge in [0, 0.05) is 28.4 Å². The zero-order valence-corrected chi connectivity index (χ0v) is 13.5. The molecule has 98 valence electrons. The summed E-state index contributed by atoms with van der Waals surface area (Å²) in [6.07, 6.45) is 2.15. The van der Waals surface area contributed by atoms with Gasteiger partial charge in [0.1, 0.15) is 0 Å². The molecule has 0 aliphatic heterocycles.